The molecule has 1 N–H and O–H groups in total. The van der Waals surface area contributed by atoms with E-state index in [4.69, 9.17) is 4.42 Å². The summed E-state index contributed by atoms with van der Waals surface area (Å²) in [6.45, 7) is 1.29. The van der Waals surface area contributed by atoms with E-state index in [0.717, 1.165) is 6.07 Å². The second-order valence-corrected chi connectivity index (χ2v) is 5.32. The molecule has 1 heterocycles. The van der Waals surface area contributed by atoms with Gasteiger partial charge in [0.2, 0.25) is 11.8 Å². The summed E-state index contributed by atoms with van der Waals surface area (Å²) in [7, 11) is 0. The molecule has 2 aromatic carbocycles. The first-order valence-corrected chi connectivity index (χ1v) is 7.36. The van der Waals surface area contributed by atoms with Gasteiger partial charge in [0.25, 0.3) is 0 Å². The number of para-hydroxylation sites is 2. The van der Waals surface area contributed by atoms with E-state index in [-0.39, 0.29) is 23.0 Å². The molecule has 3 aromatic rings. The second-order valence-electron chi connectivity index (χ2n) is 5.32. The molecule has 0 saturated carbocycles. The fraction of sp³-hybridized carbons (Fsp3) is 0.111. The second kappa shape index (κ2) is 6.53. The fourth-order valence-electron chi connectivity index (χ4n) is 2.39. The van der Waals surface area contributed by atoms with Crippen molar-refractivity contribution in [3.05, 3.63) is 59.7 Å². The Bertz CT molecular complexity index is 987. The van der Waals surface area contributed by atoms with Crippen molar-refractivity contribution >= 4 is 28.5 Å². The van der Waals surface area contributed by atoms with Gasteiger partial charge in [-0.15, -0.1) is 0 Å². The third-order valence-electron chi connectivity index (χ3n) is 3.50. The quantitative estimate of drug-likeness (QED) is 0.736. The van der Waals surface area contributed by atoms with E-state index < -0.39 is 17.5 Å². The van der Waals surface area contributed by atoms with Gasteiger partial charge < -0.3 is 9.73 Å². The maximum atomic E-state index is 14.1. The number of nitrogens with zero attached hydrogens (tertiary/aromatic N) is 2. The zero-order valence-corrected chi connectivity index (χ0v) is 13.1. The average Bonchev–Trinajstić information content (AvgIpc) is 3.00. The van der Waals surface area contributed by atoms with E-state index in [1.54, 1.807) is 30.3 Å². The first-order chi connectivity index (χ1) is 12.0. The highest BCUT2D eigenvalue weighted by molar-refractivity contribution is 6.03. The molecule has 25 heavy (non-hydrogen) atoms. The van der Waals surface area contributed by atoms with Crippen molar-refractivity contribution in [2.45, 2.75) is 12.8 Å². The molecule has 1 atom stereocenters. The van der Waals surface area contributed by atoms with E-state index >= 15 is 0 Å². The standard InChI is InChI=1S/C18H12FN3O3/c1-10(23)21-11-6-7-14(19)12(8-11)17(24)13(9-20)18-22-15-4-2-3-5-16(15)25-18/h2-8,13H,1H3,(H,21,23)/t13-/m1/s1. The molecule has 1 amide bonds. The number of Topliss-reactive ketones (excluding diaryl/α,β-unsaturated/α-hetero) is 1. The van der Waals surface area contributed by atoms with Crippen molar-refractivity contribution in [1.82, 2.24) is 4.98 Å². The maximum Gasteiger partial charge on any atom is 0.221 e. The fourth-order valence-corrected chi connectivity index (χ4v) is 2.39. The predicted molar refractivity (Wildman–Crippen MR) is 87.4 cm³/mol. The summed E-state index contributed by atoms with van der Waals surface area (Å²) in [5.74, 6) is -3.44. The van der Waals surface area contributed by atoms with Crippen LogP contribution in [0.2, 0.25) is 0 Å². The minimum Gasteiger partial charge on any atom is -0.439 e. The summed E-state index contributed by atoms with van der Waals surface area (Å²) >= 11 is 0. The lowest BCUT2D eigenvalue weighted by Crippen LogP contribution is -2.14. The topological polar surface area (TPSA) is 96.0 Å². The zero-order chi connectivity index (χ0) is 18.0. The summed E-state index contributed by atoms with van der Waals surface area (Å²) < 4.78 is 19.5. The van der Waals surface area contributed by atoms with Crippen LogP contribution in [0.3, 0.4) is 0 Å². The number of carbonyl (C=O) groups excluding carboxylic acids is 2. The van der Waals surface area contributed by atoms with Crippen LogP contribution in [-0.2, 0) is 4.79 Å². The lowest BCUT2D eigenvalue weighted by Gasteiger charge is -2.08. The molecule has 0 radical (unpaired) electrons. The number of ketones is 1. The number of carbonyl (C=O) groups is 2. The van der Waals surface area contributed by atoms with E-state index in [0.29, 0.717) is 11.1 Å². The third kappa shape index (κ3) is 3.23. The van der Waals surface area contributed by atoms with Gasteiger partial charge in [0.05, 0.1) is 11.6 Å². The highest BCUT2D eigenvalue weighted by Gasteiger charge is 2.29. The Morgan fingerprint density at radius 1 is 1.28 bits per heavy atom. The van der Waals surface area contributed by atoms with Crippen LogP contribution in [-0.4, -0.2) is 16.7 Å². The number of oxazole rings is 1. The van der Waals surface area contributed by atoms with Crippen molar-refractivity contribution in [1.29, 1.82) is 5.26 Å². The van der Waals surface area contributed by atoms with Gasteiger partial charge in [-0.3, -0.25) is 9.59 Å². The minimum atomic E-state index is -1.39. The normalized spacial score (nSPS) is 11.7. The van der Waals surface area contributed by atoms with Gasteiger partial charge in [-0.05, 0) is 30.3 Å². The molecule has 0 aliphatic carbocycles. The van der Waals surface area contributed by atoms with Crippen LogP contribution in [0, 0.1) is 17.1 Å². The number of aromatic nitrogens is 1. The van der Waals surface area contributed by atoms with Gasteiger partial charge in [0.15, 0.2) is 17.3 Å². The first kappa shape index (κ1) is 16.3. The molecule has 1 aromatic heterocycles. The molecule has 7 heteroatoms. The molecule has 124 valence electrons. The van der Waals surface area contributed by atoms with Crippen LogP contribution >= 0.6 is 0 Å². The van der Waals surface area contributed by atoms with Gasteiger partial charge in [0.1, 0.15) is 11.3 Å². The minimum absolute atomic E-state index is 0.0990. The molecule has 0 aliphatic heterocycles. The number of fused-ring (bicyclic) bond motifs is 1. The summed E-state index contributed by atoms with van der Waals surface area (Å²) in [4.78, 5) is 27.9. The Balaban J connectivity index is 2.00. The highest BCUT2D eigenvalue weighted by Crippen LogP contribution is 2.26. The number of anilines is 1. The van der Waals surface area contributed by atoms with Crippen molar-refractivity contribution in [2.75, 3.05) is 5.32 Å². The van der Waals surface area contributed by atoms with Crippen molar-refractivity contribution in [2.24, 2.45) is 0 Å². The Labute approximate surface area is 141 Å². The van der Waals surface area contributed by atoms with Gasteiger partial charge in [-0.2, -0.15) is 5.26 Å². The maximum absolute atomic E-state index is 14.1. The summed E-state index contributed by atoms with van der Waals surface area (Å²) in [6, 6.07) is 12.2. The van der Waals surface area contributed by atoms with Crippen molar-refractivity contribution < 1.29 is 18.4 Å². The monoisotopic (exact) mass is 337 g/mol. The van der Waals surface area contributed by atoms with Crippen molar-refractivity contribution in [3.63, 3.8) is 0 Å². The smallest absolute Gasteiger partial charge is 0.221 e. The number of nitrogens with one attached hydrogen (secondary N) is 1. The predicted octanol–water partition coefficient (Wildman–Crippen LogP) is 3.42. The Morgan fingerprint density at radius 3 is 2.72 bits per heavy atom. The first-order valence-electron chi connectivity index (χ1n) is 7.36. The largest absolute Gasteiger partial charge is 0.439 e. The van der Waals surface area contributed by atoms with E-state index in [9.17, 15) is 19.2 Å². The van der Waals surface area contributed by atoms with E-state index in [1.807, 2.05) is 0 Å². The summed E-state index contributed by atoms with van der Waals surface area (Å²) in [5.41, 5.74) is 0.864. The van der Waals surface area contributed by atoms with Gasteiger partial charge >= 0.3 is 0 Å². The average molecular weight is 337 g/mol. The number of rotatable bonds is 4. The van der Waals surface area contributed by atoms with Gasteiger partial charge in [-0.25, -0.2) is 9.37 Å². The highest BCUT2D eigenvalue weighted by atomic mass is 19.1. The van der Waals surface area contributed by atoms with Crippen LogP contribution in [0.4, 0.5) is 10.1 Å². The van der Waals surface area contributed by atoms with Gasteiger partial charge in [-0.1, -0.05) is 12.1 Å². The van der Waals surface area contributed by atoms with E-state index in [1.165, 1.54) is 19.1 Å². The van der Waals surface area contributed by atoms with Crippen LogP contribution in [0.25, 0.3) is 11.1 Å². The van der Waals surface area contributed by atoms with Crippen LogP contribution in [0.5, 0.6) is 0 Å². The molecule has 0 bridgehead atoms. The molecule has 0 saturated heterocycles. The summed E-state index contributed by atoms with van der Waals surface area (Å²) in [6.07, 6.45) is 0. The molecular weight excluding hydrogens is 325 g/mol. The Morgan fingerprint density at radius 2 is 2.04 bits per heavy atom. The number of amides is 1. The molecule has 0 fully saturated rings. The third-order valence-corrected chi connectivity index (χ3v) is 3.50. The molecule has 0 aliphatic rings. The van der Waals surface area contributed by atoms with Gasteiger partial charge in [0, 0.05) is 12.6 Å². The SMILES string of the molecule is CC(=O)Nc1ccc(F)c(C(=O)[C@@H](C#N)c2nc3ccccc3o2)c1. The molecular formula is C18H12FN3O3. The molecule has 0 unspecified atom stereocenters. The zero-order valence-electron chi connectivity index (χ0n) is 13.1. The Kier molecular flexibility index (Phi) is 4.27. The van der Waals surface area contributed by atoms with Crippen LogP contribution < -0.4 is 5.32 Å². The number of benzene rings is 2. The molecule has 6 nitrogen and oxygen atoms in total. The Hall–Kier alpha value is -3.53. The van der Waals surface area contributed by atoms with Crippen LogP contribution in [0.15, 0.2) is 46.9 Å². The molecule has 0 spiro atoms. The van der Waals surface area contributed by atoms with Crippen LogP contribution in [0.1, 0.15) is 29.1 Å². The summed E-state index contributed by atoms with van der Waals surface area (Å²) in [5, 5.41) is 11.8. The number of halogens is 1. The lowest BCUT2D eigenvalue weighted by molar-refractivity contribution is -0.114. The number of nitriles is 1. The van der Waals surface area contributed by atoms with E-state index in [2.05, 4.69) is 10.3 Å². The van der Waals surface area contributed by atoms with Crippen molar-refractivity contribution in [3.8, 4) is 6.07 Å². The number of hydrogen-bond acceptors (Lipinski definition) is 5. The lowest BCUT2D eigenvalue weighted by atomic mass is 9.98. The molecule has 3 rings (SSSR count). The number of hydrogen-bond donors (Lipinski definition) is 1.